The van der Waals surface area contributed by atoms with Gasteiger partial charge in [0.15, 0.2) is 0 Å². The topological polar surface area (TPSA) is 29.5 Å². The Kier molecular flexibility index (Phi) is 4.42. The summed E-state index contributed by atoms with van der Waals surface area (Å²) >= 11 is 3.23. The molecule has 2 nitrogen and oxygen atoms in total. The minimum Gasteiger partial charge on any atom is -0.491 e. The molecule has 0 saturated carbocycles. The molecule has 1 N–H and O–H groups in total. The fraction of sp³-hybridized carbons (Fsp3) is 0.455. The summed E-state index contributed by atoms with van der Waals surface area (Å²) in [7, 11) is 0. The third kappa shape index (κ3) is 3.31. The van der Waals surface area contributed by atoms with E-state index in [1.165, 1.54) is 0 Å². The van der Waals surface area contributed by atoms with Crippen molar-refractivity contribution >= 4 is 15.9 Å². The first kappa shape index (κ1) is 11.5. The fourth-order valence-electron chi connectivity index (χ4n) is 1.13. The van der Waals surface area contributed by atoms with Gasteiger partial charge in [0.1, 0.15) is 5.75 Å². The third-order valence-electron chi connectivity index (χ3n) is 1.78. The maximum Gasteiger partial charge on any atom is 0.119 e. The van der Waals surface area contributed by atoms with Gasteiger partial charge in [-0.2, -0.15) is 0 Å². The van der Waals surface area contributed by atoms with Gasteiger partial charge in [0.05, 0.1) is 12.2 Å². The molecule has 1 atom stereocenters. The number of hydrogen-bond donors (Lipinski definition) is 1. The lowest BCUT2D eigenvalue weighted by atomic mass is 10.1. The van der Waals surface area contributed by atoms with E-state index in [4.69, 9.17) is 4.74 Å². The maximum absolute atomic E-state index is 9.51. The van der Waals surface area contributed by atoms with E-state index in [-0.39, 0.29) is 6.10 Å². The molecule has 1 aromatic rings. The summed E-state index contributed by atoms with van der Waals surface area (Å²) in [6, 6.07) is 7.51. The van der Waals surface area contributed by atoms with Crippen LogP contribution in [-0.4, -0.2) is 16.5 Å². The SMILES string of the molecule is CC(C)Oc1ccc([C@H](O)CBr)cc1. The fourth-order valence-corrected chi connectivity index (χ4v) is 1.50. The highest BCUT2D eigenvalue weighted by atomic mass is 79.9. The molecule has 0 radical (unpaired) electrons. The Bertz CT molecular complexity index is 269. The molecule has 14 heavy (non-hydrogen) atoms. The highest BCUT2D eigenvalue weighted by molar-refractivity contribution is 9.09. The number of benzene rings is 1. The van der Waals surface area contributed by atoms with Gasteiger partial charge >= 0.3 is 0 Å². The number of aliphatic hydroxyl groups excluding tert-OH is 1. The van der Waals surface area contributed by atoms with Gasteiger partial charge in [0.2, 0.25) is 0 Å². The number of ether oxygens (including phenoxy) is 1. The summed E-state index contributed by atoms with van der Waals surface area (Å²) in [4.78, 5) is 0. The Labute approximate surface area is 93.0 Å². The first-order valence-electron chi connectivity index (χ1n) is 4.64. The first-order chi connectivity index (χ1) is 6.63. The molecule has 0 unspecified atom stereocenters. The molecule has 3 heteroatoms. The molecule has 1 rings (SSSR count). The number of rotatable bonds is 4. The van der Waals surface area contributed by atoms with Crippen LogP contribution >= 0.6 is 15.9 Å². The lowest BCUT2D eigenvalue weighted by molar-refractivity contribution is 0.205. The minimum absolute atomic E-state index is 0.182. The normalized spacial score (nSPS) is 12.9. The minimum atomic E-state index is -0.442. The van der Waals surface area contributed by atoms with Gasteiger partial charge in [-0.15, -0.1) is 0 Å². The average molecular weight is 259 g/mol. The van der Waals surface area contributed by atoms with Crippen molar-refractivity contribution < 1.29 is 9.84 Å². The molecular weight excluding hydrogens is 244 g/mol. The largest absolute Gasteiger partial charge is 0.491 e. The molecule has 0 aliphatic heterocycles. The molecule has 0 amide bonds. The van der Waals surface area contributed by atoms with Crippen molar-refractivity contribution in [1.82, 2.24) is 0 Å². The summed E-state index contributed by atoms with van der Waals surface area (Å²) in [6.45, 7) is 3.97. The maximum atomic E-state index is 9.51. The molecule has 0 bridgehead atoms. The van der Waals surface area contributed by atoms with Gasteiger partial charge in [-0.05, 0) is 31.5 Å². The van der Waals surface area contributed by atoms with Crippen LogP contribution in [0.25, 0.3) is 0 Å². The van der Waals surface area contributed by atoms with E-state index in [2.05, 4.69) is 15.9 Å². The van der Waals surface area contributed by atoms with E-state index >= 15 is 0 Å². The van der Waals surface area contributed by atoms with Crippen LogP contribution < -0.4 is 4.74 Å². The quantitative estimate of drug-likeness (QED) is 0.842. The Morgan fingerprint density at radius 2 is 1.86 bits per heavy atom. The van der Waals surface area contributed by atoms with Crippen molar-refractivity contribution in [2.45, 2.75) is 26.1 Å². The molecular formula is C11H15BrO2. The van der Waals surface area contributed by atoms with E-state index < -0.39 is 6.10 Å². The molecule has 0 aliphatic rings. The molecule has 0 heterocycles. The monoisotopic (exact) mass is 258 g/mol. The van der Waals surface area contributed by atoms with Crippen LogP contribution in [0.5, 0.6) is 5.75 Å². The molecule has 0 aliphatic carbocycles. The van der Waals surface area contributed by atoms with Crippen LogP contribution in [0.2, 0.25) is 0 Å². The number of hydrogen-bond acceptors (Lipinski definition) is 2. The van der Waals surface area contributed by atoms with Crippen LogP contribution in [0.3, 0.4) is 0 Å². The average Bonchev–Trinajstić information content (AvgIpc) is 2.17. The Hall–Kier alpha value is -0.540. The number of alkyl halides is 1. The Morgan fingerprint density at radius 1 is 1.29 bits per heavy atom. The molecule has 0 spiro atoms. The zero-order valence-corrected chi connectivity index (χ0v) is 9.99. The Morgan fingerprint density at radius 3 is 2.29 bits per heavy atom. The molecule has 0 aromatic heterocycles. The van der Waals surface area contributed by atoms with Gasteiger partial charge in [0.25, 0.3) is 0 Å². The molecule has 1 aromatic carbocycles. The van der Waals surface area contributed by atoms with Gasteiger partial charge < -0.3 is 9.84 Å². The zero-order chi connectivity index (χ0) is 10.6. The second-order valence-electron chi connectivity index (χ2n) is 3.41. The van der Waals surface area contributed by atoms with E-state index in [1.54, 1.807) is 0 Å². The van der Waals surface area contributed by atoms with Crippen molar-refractivity contribution in [3.05, 3.63) is 29.8 Å². The van der Waals surface area contributed by atoms with Crippen LogP contribution in [0.15, 0.2) is 24.3 Å². The second-order valence-corrected chi connectivity index (χ2v) is 4.05. The van der Waals surface area contributed by atoms with Gasteiger partial charge in [-0.3, -0.25) is 0 Å². The van der Waals surface area contributed by atoms with Crippen molar-refractivity contribution in [1.29, 1.82) is 0 Å². The molecule has 78 valence electrons. The lowest BCUT2D eigenvalue weighted by Gasteiger charge is -2.11. The number of aliphatic hydroxyl groups is 1. The van der Waals surface area contributed by atoms with Crippen LogP contribution in [0.4, 0.5) is 0 Å². The predicted molar refractivity (Wildman–Crippen MR) is 61.0 cm³/mol. The smallest absolute Gasteiger partial charge is 0.119 e. The third-order valence-corrected chi connectivity index (χ3v) is 2.40. The van der Waals surface area contributed by atoms with Crippen LogP contribution in [0.1, 0.15) is 25.5 Å². The van der Waals surface area contributed by atoms with E-state index in [9.17, 15) is 5.11 Å². The summed E-state index contributed by atoms with van der Waals surface area (Å²) in [5.41, 5.74) is 0.901. The summed E-state index contributed by atoms with van der Waals surface area (Å²) in [5, 5.41) is 10.1. The Balaban J connectivity index is 2.68. The van der Waals surface area contributed by atoms with Gasteiger partial charge in [-0.1, -0.05) is 28.1 Å². The van der Waals surface area contributed by atoms with Gasteiger partial charge in [-0.25, -0.2) is 0 Å². The van der Waals surface area contributed by atoms with E-state index in [0.29, 0.717) is 5.33 Å². The summed E-state index contributed by atoms with van der Waals surface area (Å²) in [5.74, 6) is 0.838. The zero-order valence-electron chi connectivity index (χ0n) is 8.40. The lowest BCUT2D eigenvalue weighted by Crippen LogP contribution is -2.05. The van der Waals surface area contributed by atoms with E-state index in [1.807, 2.05) is 38.1 Å². The highest BCUT2D eigenvalue weighted by Gasteiger charge is 2.05. The summed E-state index contributed by atoms with van der Waals surface area (Å²) in [6.07, 6.45) is -0.259. The standard InChI is InChI=1S/C11H15BrO2/c1-8(2)14-10-5-3-9(4-6-10)11(13)7-12/h3-6,8,11,13H,7H2,1-2H3/t11-/m1/s1. The van der Waals surface area contributed by atoms with Crippen molar-refractivity contribution in [3.63, 3.8) is 0 Å². The highest BCUT2D eigenvalue weighted by Crippen LogP contribution is 2.19. The van der Waals surface area contributed by atoms with Crippen molar-refractivity contribution in [2.75, 3.05) is 5.33 Å². The second kappa shape index (κ2) is 5.37. The van der Waals surface area contributed by atoms with Crippen molar-refractivity contribution in [2.24, 2.45) is 0 Å². The van der Waals surface area contributed by atoms with Crippen LogP contribution in [-0.2, 0) is 0 Å². The predicted octanol–water partition coefficient (Wildman–Crippen LogP) is 2.90. The number of halogens is 1. The van der Waals surface area contributed by atoms with Crippen LogP contribution in [0, 0.1) is 0 Å². The molecule has 0 fully saturated rings. The molecule has 0 saturated heterocycles. The van der Waals surface area contributed by atoms with E-state index in [0.717, 1.165) is 11.3 Å². The first-order valence-corrected chi connectivity index (χ1v) is 5.76. The van der Waals surface area contributed by atoms with Crippen molar-refractivity contribution in [3.8, 4) is 5.75 Å². The summed E-state index contributed by atoms with van der Waals surface area (Å²) < 4.78 is 5.49. The van der Waals surface area contributed by atoms with Gasteiger partial charge in [0, 0.05) is 5.33 Å².